The van der Waals surface area contributed by atoms with E-state index in [0.29, 0.717) is 29.4 Å². The fourth-order valence-electron chi connectivity index (χ4n) is 3.61. The third-order valence-electron chi connectivity index (χ3n) is 5.22. The molecule has 1 unspecified atom stereocenters. The van der Waals surface area contributed by atoms with Crippen LogP contribution in [0, 0.1) is 0 Å². The number of rotatable bonds is 10. The largest absolute Gasteiger partial charge is 0.309 e. The van der Waals surface area contributed by atoms with Crippen LogP contribution < -0.4 is 5.56 Å². The Hall–Kier alpha value is -2.47. The summed E-state index contributed by atoms with van der Waals surface area (Å²) in [7, 11) is 0. The Labute approximate surface area is 166 Å². The van der Waals surface area contributed by atoms with Crippen molar-refractivity contribution in [3.8, 4) is 5.69 Å². The molecular weight excluding hydrogens is 350 g/mol. The van der Waals surface area contributed by atoms with E-state index in [1.807, 2.05) is 30.3 Å². The van der Waals surface area contributed by atoms with Crippen molar-refractivity contribution < 1.29 is 0 Å². The molecule has 0 amide bonds. The molecule has 0 aliphatic carbocycles. The number of hydrogen-bond donors (Lipinski definition) is 1. The molecule has 2 aromatic heterocycles. The Bertz CT molecular complexity index is 931. The van der Waals surface area contributed by atoms with Crippen LogP contribution >= 0.6 is 0 Å². The quantitative estimate of drug-likeness (QED) is 0.532. The van der Waals surface area contributed by atoms with E-state index in [4.69, 9.17) is 4.98 Å². The summed E-state index contributed by atoms with van der Waals surface area (Å²) in [5.41, 5.74) is 1.39. The van der Waals surface area contributed by atoms with Crippen molar-refractivity contribution in [1.82, 2.24) is 24.6 Å². The Morgan fingerprint density at radius 3 is 2.64 bits per heavy atom. The summed E-state index contributed by atoms with van der Waals surface area (Å²) in [4.78, 5) is 22.8. The van der Waals surface area contributed by atoms with Crippen LogP contribution in [0.4, 0.5) is 0 Å². The van der Waals surface area contributed by atoms with Crippen LogP contribution in [0.25, 0.3) is 16.7 Å². The van der Waals surface area contributed by atoms with E-state index in [-0.39, 0.29) is 5.56 Å². The normalized spacial score (nSPS) is 12.7. The number of unbranched alkanes of at least 4 members (excludes halogenated alkanes) is 2. The maximum absolute atomic E-state index is 12.6. The summed E-state index contributed by atoms with van der Waals surface area (Å²) < 4.78 is 1.74. The lowest BCUT2D eigenvalue weighted by atomic mass is 10.1. The number of hydrogen-bond acceptors (Lipinski definition) is 4. The standard InChI is InChI=1S/C22H31N5O/c1-4-6-10-14-26(17(3)11-5-2)16-20-24-21-19(22(28)25-20)15-23-27(21)18-12-8-7-9-13-18/h7-9,12-13,15,17H,4-6,10-11,14,16H2,1-3H3,(H,24,25,28). The first-order valence-electron chi connectivity index (χ1n) is 10.4. The van der Waals surface area contributed by atoms with E-state index in [2.05, 4.69) is 35.8 Å². The lowest BCUT2D eigenvalue weighted by Crippen LogP contribution is -2.34. The Balaban J connectivity index is 1.91. The first-order chi connectivity index (χ1) is 13.6. The fourth-order valence-corrected chi connectivity index (χ4v) is 3.61. The monoisotopic (exact) mass is 381 g/mol. The second-order valence-electron chi connectivity index (χ2n) is 7.46. The Morgan fingerprint density at radius 2 is 1.93 bits per heavy atom. The van der Waals surface area contributed by atoms with Crippen molar-refractivity contribution in [2.75, 3.05) is 6.54 Å². The highest BCUT2D eigenvalue weighted by atomic mass is 16.1. The van der Waals surface area contributed by atoms with Crippen LogP contribution in [0.2, 0.25) is 0 Å². The zero-order valence-electron chi connectivity index (χ0n) is 17.2. The molecule has 3 aromatic rings. The minimum atomic E-state index is -0.126. The summed E-state index contributed by atoms with van der Waals surface area (Å²) >= 11 is 0. The first kappa shape index (κ1) is 20.3. The lowest BCUT2D eigenvalue weighted by Gasteiger charge is -2.28. The van der Waals surface area contributed by atoms with Gasteiger partial charge in [0.05, 0.1) is 18.4 Å². The molecule has 0 aliphatic rings. The first-order valence-corrected chi connectivity index (χ1v) is 10.4. The van der Waals surface area contributed by atoms with Gasteiger partial charge in [0.15, 0.2) is 5.65 Å². The molecule has 0 saturated carbocycles. The van der Waals surface area contributed by atoms with Crippen molar-refractivity contribution in [3.63, 3.8) is 0 Å². The van der Waals surface area contributed by atoms with Crippen LogP contribution in [-0.4, -0.2) is 37.2 Å². The van der Waals surface area contributed by atoms with Crippen LogP contribution in [-0.2, 0) is 6.54 Å². The third-order valence-corrected chi connectivity index (χ3v) is 5.22. The van der Waals surface area contributed by atoms with E-state index in [9.17, 15) is 4.79 Å². The number of fused-ring (bicyclic) bond motifs is 1. The minimum absolute atomic E-state index is 0.126. The van der Waals surface area contributed by atoms with Gasteiger partial charge in [0, 0.05) is 6.04 Å². The molecule has 1 atom stereocenters. The molecule has 150 valence electrons. The Morgan fingerprint density at radius 1 is 1.14 bits per heavy atom. The third kappa shape index (κ3) is 4.68. The fraction of sp³-hybridized carbons (Fsp3) is 0.500. The average Bonchev–Trinajstić information content (AvgIpc) is 3.13. The highest BCUT2D eigenvalue weighted by Gasteiger charge is 2.17. The van der Waals surface area contributed by atoms with Gasteiger partial charge in [-0.25, -0.2) is 9.67 Å². The Kier molecular flexibility index (Phi) is 6.98. The summed E-state index contributed by atoms with van der Waals surface area (Å²) in [6.45, 7) is 8.37. The van der Waals surface area contributed by atoms with Gasteiger partial charge in [-0.3, -0.25) is 9.69 Å². The molecule has 1 N–H and O–H groups in total. The molecule has 0 saturated heterocycles. The van der Waals surface area contributed by atoms with E-state index in [0.717, 1.165) is 25.1 Å². The van der Waals surface area contributed by atoms with Gasteiger partial charge in [-0.05, 0) is 38.4 Å². The van der Waals surface area contributed by atoms with Gasteiger partial charge in [-0.2, -0.15) is 5.10 Å². The van der Waals surface area contributed by atoms with Crippen molar-refractivity contribution >= 4 is 11.0 Å². The SMILES string of the molecule is CCCCCN(Cc1nc2c(cnn2-c2ccccc2)c(=O)[nH]1)C(C)CCC. The molecule has 3 rings (SSSR count). The molecule has 2 heterocycles. The van der Waals surface area contributed by atoms with Gasteiger partial charge in [0.2, 0.25) is 0 Å². The molecule has 0 fully saturated rings. The smallest absolute Gasteiger partial charge is 0.262 e. The van der Waals surface area contributed by atoms with Gasteiger partial charge >= 0.3 is 0 Å². The molecule has 0 bridgehead atoms. The van der Waals surface area contributed by atoms with Crippen molar-refractivity contribution in [2.24, 2.45) is 0 Å². The lowest BCUT2D eigenvalue weighted by molar-refractivity contribution is 0.181. The predicted octanol–water partition coefficient (Wildman–Crippen LogP) is 4.29. The second-order valence-corrected chi connectivity index (χ2v) is 7.46. The number of aromatic amines is 1. The molecule has 28 heavy (non-hydrogen) atoms. The maximum Gasteiger partial charge on any atom is 0.262 e. The molecule has 6 heteroatoms. The van der Waals surface area contributed by atoms with Crippen LogP contribution in [0.1, 0.15) is 58.7 Å². The number of para-hydroxylation sites is 1. The number of nitrogens with one attached hydrogen (secondary N) is 1. The average molecular weight is 382 g/mol. The van der Waals surface area contributed by atoms with E-state index < -0.39 is 0 Å². The summed E-state index contributed by atoms with van der Waals surface area (Å²) in [6, 6.07) is 10.3. The summed E-state index contributed by atoms with van der Waals surface area (Å²) in [6.07, 6.45) is 7.47. The van der Waals surface area contributed by atoms with Crippen LogP contribution in [0.15, 0.2) is 41.3 Å². The number of H-pyrrole nitrogens is 1. The van der Waals surface area contributed by atoms with Crippen LogP contribution in [0.5, 0.6) is 0 Å². The van der Waals surface area contributed by atoms with Gasteiger partial charge in [-0.15, -0.1) is 0 Å². The maximum atomic E-state index is 12.6. The zero-order chi connectivity index (χ0) is 19.9. The molecule has 0 radical (unpaired) electrons. The second kappa shape index (κ2) is 9.64. The van der Waals surface area contributed by atoms with Crippen LogP contribution in [0.3, 0.4) is 0 Å². The number of nitrogens with zero attached hydrogens (tertiary/aromatic N) is 4. The zero-order valence-corrected chi connectivity index (χ0v) is 17.2. The predicted molar refractivity (Wildman–Crippen MR) is 114 cm³/mol. The summed E-state index contributed by atoms with van der Waals surface area (Å²) in [5.74, 6) is 0.703. The van der Waals surface area contributed by atoms with Crippen molar-refractivity contribution in [1.29, 1.82) is 0 Å². The van der Waals surface area contributed by atoms with Crippen molar-refractivity contribution in [3.05, 3.63) is 52.7 Å². The number of aromatic nitrogens is 4. The molecule has 6 nitrogen and oxygen atoms in total. The topological polar surface area (TPSA) is 66.8 Å². The van der Waals surface area contributed by atoms with E-state index in [1.54, 1.807) is 10.9 Å². The minimum Gasteiger partial charge on any atom is -0.309 e. The van der Waals surface area contributed by atoms with Gasteiger partial charge in [0.25, 0.3) is 5.56 Å². The van der Waals surface area contributed by atoms with Gasteiger partial charge < -0.3 is 4.98 Å². The molecule has 0 aliphatic heterocycles. The summed E-state index contributed by atoms with van der Waals surface area (Å²) in [5, 5.41) is 4.91. The molecular formula is C22H31N5O. The molecule has 1 aromatic carbocycles. The van der Waals surface area contributed by atoms with Gasteiger partial charge in [0.1, 0.15) is 11.2 Å². The molecule has 0 spiro atoms. The highest BCUT2D eigenvalue weighted by molar-refractivity contribution is 5.75. The van der Waals surface area contributed by atoms with E-state index in [1.165, 1.54) is 19.3 Å². The van der Waals surface area contributed by atoms with Gasteiger partial charge in [-0.1, -0.05) is 51.3 Å². The number of benzene rings is 1. The highest BCUT2D eigenvalue weighted by Crippen LogP contribution is 2.16. The van der Waals surface area contributed by atoms with E-state index >= 15 is 0 Å². The van der Waals surface area contributed by atoms with Crippen molar-refractivity contribution in [2.45, 2.75) is 65.5 Å².